The second kappa shape index (κ2) is 6.96. The van der Waals surface area contributed by atoms with E-state index in [1.54, 1.807) is 12.1 Å². The third kappa shape index (κ3) is 3.44. The first kappa shape index (κ1) is 17.6. The molecule has 1 fully saturated rings. The van der Waals surface area contributed by atoms with Crippen LogP contribution < -0.4 is 0 Å². The molecule has 0 N–H and O–H groups in total. The Labute approximate surface area is 147 Å². The van der Waals surface area contributed by atoms with E-state index in [0.717, 1.165) is 13.1 Å². The van der Waals surface area contributed by atoms with Crippen LogP contribution >= 0.6 is 0 Å². The molecule has 0 spiro atoms. The fourth-order valence-electron chi connectivity index (χ4n) is 3.29. The molecule has 2 aliphatic rings. The number of likely N-dealkylation sites (N-methyl/N-ethyl adjacent to an activating group) is 1. The van der Waals surface area contributed by atoms with Gasteiger partial charge in [-0.25, -0.2) is 4.39 Å². The van der Waals surface area contributed by atoms with Crippen molar-refractivity contribution < 1.29 is 14.0 Å². The molecule has 0 bridgehead atoms. The van der Waals surface area contributed by atoms with Crippen LogP contribution in [0.1, 0.15) is 19.4 Å². The van der Waals surface area contributed by atoms with Gasteiger partial charge < -0.3 is 9.80 Å². The van der Waals surface area contributed by atoms with Gasteiger partial charge in [0.05, 0.1) is 5.57 Å². The summed E-state index contributed by atoms with van der Waals surface area (Å²) in [6.07, 6.45) is 0. The summed E-state index contributed by atoms with van der Waals surface area (Å²) in [7, 11) is 2.04. The number of carbonyl (C=O) groups is 2. The van der Waals surface area contributed by atoms with Crippen LogP contribution in [-0.4, -0.2) is 66.3 Å². The van der Waals surface area contributed by atoms with Gasteiger partial charge in [-0.1, -0.05) is 26.0 Å². The molecule has 2 amide bonds. The predicted octanol–water partition coefficient (Wildman–Crippen LogP) is 1.81. The van der Waals surface area contributed by atoms with E-state index in [1.807, 2.05) is 25.8 Å². The number of imide groups is 1. The van der Waals surface area contributed by atoms with Gasteiger partial charge in [0.1, 0.15) is 11.5 Å². The SMILES string of the molecule is CC(C)CN1C(=O)C(c2ccc(F)cc2)=C(N2CCN(C)CC2)C1=O. The van der Waals surface area contributed by atoms with Crippen molar-refractivity contribution in [3.05, 3.63) is 41.3 Å². The summed E-state index contributed by atoms with van der Waals surface area (Å²) in [6, 6.07) is 5.80. The first-order valence-electron chi connectivity index (χ1n) is 8.68. The predicted molar refractivity (Wildman–Crippen MR) is 93.9 cm³/mol. The lowest BCUT2D eigenvalue weighted by atomic mass is 10.0. The van der Waals surface area contributed by atoms with Crippen molar-refractivity contribution in [1.29, 1.82) is 0 Å². The number of halogens is 1. The molecule has 2 aliphatic heterocycles. The zero-order valence-corrected chi connectivity index (χ0v) is 15.0. The molecule has 2 heterocycles. The highest BCUT2D eigenvalue weighted by molar-refractivity contribution is 6.35. The maximum Gasteiger partial charge on any atom is 0.277 e. The zero-order valence-electron chi connectivity index (χ0n) is 15.0. The lowest BCUT2D eigenvalue weighted by Gasteiger charge is -2.34. The summed E-state index contributed by atoms with van der Waals surface area (Å²) in [5.41, 5.74) is 1.46. The average Bonchev–Trinajstić information content (AvgIpc) is 2.81. The van der Waals surface area contributed by atoms with Crippen LogP contribution in [0.3, 0.4) is 0 Å². The summed E-state index contributed by atoms with van der Waals surface area (Å²) in [4.78, 5) is 31.5. The Morgan fingerprint density at radius 3 is 2.16 bits per heavy atom. The number of carbonyl (C=O) groups excluding carboxylic acids is 2. The minimum atomic E-state index is -0.360. The van der Waals surface area contributed by atoms with Gasteiger partial charge in [0.2, 0.25) is 0 Å². The molecule has 6 heteroatoms. The largest absolute Gasteiger partial charge is 0.364 e. The Bertz CT molecular complexity index is 704. The maximum atomic E-state index is 13.3. The molecule has 1 aromatic carbocycles. The highest BCUT2D eigenvalue weighted by Gasteiger charge is 2.42. The topological polar surface area (TPSA) is 43.9 Å². The molecular formula is C19H24FN3O2. The fraction of sp³-hybridized carbons (Fsp3) is 0.474. The van der Waals surface area contributed by atoms with E-state index in [0.29, 0.717) is 36.5 Å². The molecule has 0 unspecified atom stereocenters. The van der Waals surface area contributed by atoms with Gasteiger partial charge in [-0.15, -0.1) is 0 Å². The van der Waals surface area contributed by atoms with Crippen LogP contribution in [0.2, 0.25) is 0 Å². The van der Waals surface area contributed by atoms with Crippen molar-refractivity contribution in [3.8, 4) is 0 Å². The summed E-state index contributed by atoms with van der Waals surface area (Å²) >= 11 is 0. The molecular weight excluding hydrogens is 321 g/mol. The molecule has 3 rings (SSSR count). The van der Waals surface area contributed by atoms with Crippen LogP contribution in [0.5, 0.6) is 0 Å². The molecule has 25 heavy (non-hydrogen) atoms. The Morgan fingerprint density at radius 1 is 1.00 bits per heavy atom. The van der Waals surface area contributed by atoms with E-state index in [1.165, 1.54) is 17.0 Å². The smallest absolute Gasteiger partial charge is 0.277 e. The quantitative estimate of drug-likeness (QED) is 0.781. The lowest BCUT2D eigenvalue weighted by molar-refractivity contribution is -0.138. The Hall–Kier alpha value is -2.21. The second-order valence-electron chi connectivity index (χ2n) is 7.14. The van der Waals surface area contributed by atoms with E-state index in [4.69, 9.17) is 0 Å². The Morgan fingerprint density at radius 2 is 1.60 bits per heavy atom. The van der Waals surface area contributed by atoms with Crippen LogP contribution in [-0.2, 0) is 9.59 Å². The van der Waals surface area contributed by atoms with Crippen molar-refractivity contribution in [2.45, 2.75) is 13.8 Å². The van der Waals surface area contributed by atoms with E-state index < -0.39 is 0 Å². The van der Waals surface area contributed by atoms with Gasteiger partial charge in [-0.3, -0.25) is 14.5 Å². The lowest BCUT2D eigenvalue weighted by Crippen LogP contribution is -2.46. The summed E-state index contributed by atoms with van der Waals surface area (Å²) < 4.78 is 13.3. The summed E-state index contributed by atoms with van der Waals surface area (Å²) in [6.45, 7) is 7.42. The Kier molecular flexibility index (Phi) is 4.90. The summed E-state index contributed by atoms with van der Waals surface area (Å²) in [5, 5.41) is 0. The zero-order chi connectivity index (χ0) is 18.1. The third-order valence-corrected chi connectivity index (χ3v) is 4.64. The molecule has 0 aliphatic carbocycles. The van der Waals surface area contributed by atoms with E-state index >= 15 is 0 Å². The average molecular weight is 345 g/mol. The standard InChI is InChI=1S/C19H24FN3O2/c1-13(2)12-23-18(24)16(14-4-6-15(20)7-5-14)17(19(23)25)22-10-8-21(3)9-11-22/h4-7,13H,8-12H2,1-3H3. The molecule has 5 nitrogen and oxygen atoms in total. The molecule has 1 aromatic rings. The van der Waals surface area contributed by atoms with Crippen molar-refractivity contribution in [1.82, 2.24) is 14.7 Å². The first-order valence-corrected chi connectivity index (χ1v) is 8.68. The molecule has 0 radical (unpaired) electrons. The van der Waals surface area contributed by atoms with Crippen LogP contribution in [0, 0.1) is 11.7 Å². The second-order valence-corrected chi connectivity index (χ2v) is 7.14. The van der Waals surface area contributed by atoms with Gasteiger partial charge in [-0.2, -0.15) is 0 Å². The first-order chi connectivity index (χ1) is 11.9. The molecule has 0 saturated carbocycles. The number of nitrogens with zero attached hydrogens (tertiary/aromatic N) is 3. The number of rotatable bonds is 4. The minimum Gasteiger partial charge on any atom is -0.364 e. The molecule has 1 saturated heterocycles. The molecule has 134 valence electrons. The van der Waals surface area contributed by atoms with Crippen molar-refractivity contribution in [2.75, 3.05) is 39.8 Å². The highest BCUT2D eigenvalue weighted by atomic mass is 19.1. The maximum absolute atomic E-state index is 13.3. The highest BCUT2D eigenvalue weighted by Crippen LogP contribution is 2.32. The van der Waals surface area contributed by atoms with Crippen molar-refractivity contribution in [3.63, 3.8) is 0 Å². The molecule has 0 atom stereocenters. The van der Waals surface area contributed by atoms with Crippen LogP contribution in [0.4, 0.5) is 4.39 Å². The van der Waals surface area contributed by atoms with Gasteiger partial charge in [0.25, 0.3) is 11.8 Å². The monoisotopic (exact) mass is 345 g/mol. The molecule has 0 aromatic heterocycles. The van der Waals surface area contributed by atoms with Gasteiger partial charge in [-0.05, 0) is 30.7 Å². The van der Waals surface area contributed by atoms with Crippen LogP contribution in [0.25, 0.3) is 5.57 Å². The number of piperazine rings is 1. The fourth-order valence-corrected chi connectivity index (χ4v) is 3.29. The number of hydrogen-bond acceptors (Lipinski definition) is 4. The third-order valence-electron chi connectivity index (χ3n) is 4.64. The van der Waals surface area contributed by atoms with Crippen molar-refractivity contribution >= 4 is 17.4 Å². The minimum absolute atomic E-state index is 0.189. The normalized spacial score (nSPS) is 19.6. The van der Waals surface area contributed by atoms with Gasteiger partial charge in [0.15, 0.2) is 0 Å². The van der Waals surface area contributed by atoms with E-state index in [-0.39, 0.29) is 23.5 Å². The van der Waals surface area contributed by atoms with Gasteiger partial charge >= 0.3 is 0 Å². The van der Waals surface area contributed by atoms with Gasteiger partial charge in [0, 0.05) is 32.7 Å². The number of amides is 2. The van der Waals surface area contributed by atoms with E-state index in [2.05, 4.69) is 4.90 Å². The number of hydrogen-bond donors (Lipinski definition) is 0. The number of benzene rings is 1. The summed E-state index contributed by atoms with van der Waals surface area (Å²) in [5.74, 6) is -0.683. The van der Waals surface area contributed by atoms with Crippen LogP contribution in [0.15, 0.2) is 30.0 Å². The van der Waals surface area contributed by atoms with Crippen molar-refractivity contribution in [2.24, 2.45) is 5.92 Å². The van der Waals surface area contributed by atoms with E-state index in [9.17, 15) is 14.0 Å². The Balaban J connectivity index is 2.02.